The largest absolute Gasteiger partial charge is 0.242 e. The Kier molecular flexibility index (Phi) is 1.67. The van der Waals surface area contributed by atoms with E-state index in [1.165, 1.54) is 17.6 Å². The molecular formula is C4H3N3OS. The lowest BCUT2D eigenvalue weighted by Gasteiger charge is -1.75. The van der Waals surface area contributed by atoms with Crippen LogP contribution in [-0.2, 0) is 4.79 Å². The Labute approximate surface area is 55.4 Å². The van der Waals surface area contributed by atoms with Crippen molar-refractivity contribution >= 4 is 23.4 Å². The van der Waals surface area contributed by atoms with E-state index in [0.717, 1.165) is 4.88 Å². The van der Waals surface area contributed by atoms with Crippen molar-refractivity contribution in [3.8, 4) is 0 Å². The Bertz CT molecular complexity index is 250. The molecule has 5 heteroatoms. The van der Waals surface area contributed by atoms with Crippen molar-refractivity contribution in [2.24, 2.45) is 4.99 Å². The first-order valence-electron chi connectivity index (χ1n) is 2.21. The third-order valence-corrected chi connectivity index (χ3v) is 1.40. The van der Waals surface area contributed by atoms with E-state index in [0.29, 0.717) is 5.82 Å². The monoisotopic (exact) mass is 141 g/mol. The van der Waals surface area contributed by atoms with E-state index < -0.39 is 0 Å². The van der Waals surface area contributed by atoms with E-state index in [4.69, 9.17) is 0 Å². The van der Waals surface area contributed by atoms with Gasteiger partial charge in [-0.1, -0.05) is 4.49 Å². The van der Waals surface area contributed by atoms with Crippen LogP contribution in [0.5, 0.6) is 0 Å². The van der Waals surface area contributed by atoms with Gasteiger partial charge in [0, 0.05) is 0 Å². The highest BCUT2D eigenvalue weighted by Gasteiger charge is 1.97. The number of isocyanates is 1. The Morgan fingerprint density at radius 1 is 1.78 bits per heavy atom. The van der Waals surface area contributed by atoms with Crippen LogP contribution in [0.25, 0.3) is 0 Å². The molecule has 0 aliphatic rings. The molecular weight excluding hydrogens is 138 g/mol. The predicted octanol–water partition coefficient (Wildman–Crippen LogP) is 0.814. The standard InChI is InChI=1S/C4H3N3OS/c1-3-4(5-2-8)6-7-9-3/h1H3. The first-order valence-corrected chi connectivity index (χ1v) is 2.99. The van der Waals surface area contributed by atoms with Crippen molar-refractivity contribution in [1.29, 1.82) is 0 Å². The third-order valence-electron chi connectivity index (χ3n) is 0.780. The van der Waals surface area contributed by atoms with Crippen LogP contribution < -0.4 is 0 Å². The fraction of sp³-hybridized carbons (Fsp3) is 0.250. The van der Waals surface area contributed by atoms with Crippen molar-refractivity contribution in [2.45, 2.75) is 6.92 Å². The van der Waals surface area contributed by atoms with E-state index in [1.807, 2.05) is 0 Å². The molecule has 0 saturated heterocycles. The lowest BCUT2D eigenvalue weighted by molar-refractivity contribution is 0.565. The maximum absolute atomic E-state index is 9.67. The topological polar surface area (TPSA) is 55.2 Å². The third kappa shape index (κ3) is 1.19. The fourth-order valence-electron chi connectivity index (χ4n) is 0.376. The molecule has 0 atom stereocenters. The molecule has 0 aromatic carbocycles. The summed E-state index contributed by atoms with van der Waals surface area (Å²) >= 11 is 1.21. The summed E-state index contributed by atoms with van der Waals surface area (Å²) < 4.78 is 3.56. The average Bonchev–Trinajstić information content (AvgIpc) is 2.18. The predicted molar refractivity (Wildman–Crippen MR) is 32.4 cm³/mol. The summed E-state index contributed by atoms with van der Waals surface area (Å²) in [6, 6.07) is 0. The SMILES string of the molecule is Cc1snnc1N=C=O. The minimum absolute atomic E-state index is 0.370. The molecule has 1 heterocycles. The van der Waals surface area contributed by atoms with Crippen LogP contribution in [0.1, 0.15) is 4.88 Å². The van der Waals surface area contributed by atoms with Gasteiger partial charge in [0.25, 0.3) is 0 Å². The molecule has 0 fully saturated rings. The number of aromatic nitrogens is 2. The van der Waals surface area contributed by atoms with Gasteiger partial charge in [-0.05, 0) is 18.5 Å². The highest BCUT2D eigenvalue weighted by Crippen LogP contribution is 2.15. The molecule has 9 heavy (non-hydrogen) atoms. The summed E-state index contributed by atoms with van der Waals surface area (Å²) in [5.41, 5.74) is 0. The van der Waals surface area contributed by atoms with Gasteiger partial charge in [0.2, 0.25) is 11.9 Å². The second-order valence-corrected chi connectivity index (χ2v) is 2.31. The van der Waals surface area contributed by atoms with Gasteiger partial charge in [-0.25, -0.2) is 4.79 Å². The summed E-state index contributed by atoms with van der Waals surface area (Å²) in [5, 5.41) is 3.54. The van der Waals surface area contributed by atoms with E-state index in [1.54, 1.807) is 6.92 Å². The molecule has 4 nitrogen and oxygen atoms in total. The average molecular weight is 141 g/mol. The second-order valence-electron chi connectivity index (χ2n) is 1.36. The van der Waals surface area contributed by atoms with Gasteiger partial charge in [-0.2, -0.15) is 0 Å². The molecule has 0 spiro atoms. The lowest BCUT2D eigenvalue weighted by atomic mass is 10.6. The Hall–Kier alpha value is -1.06. The highest BCUT2D eigenvalue weighted by atomic mass is 32.1. The molecule has 46 valence electrons. The first kappa shape index (κ1) is 6.07. The van der Waals surface area contributed by atoms with Crippen molar-refractivity contribution < 1.29 is 4.79 Å². The van der Waals surface area contributed by atoms with E-state index in [9.17, 15) is 4.79 Å². The Morgan fingerprint density at radius 2 is 2.56 bits per heavy atom. The maximum atomic E-state index is 9.67. The van der Waals surface area contributed by atoms with Crippen LogP contribution in [0.2, 0.25) is 0 Å². The van der Waals surface area contributed by atoms with Gasteiger partial charge in [-0.15, -0.1) is 10.1 Å². The number of hydrogen-bond acceptors (Lipinski definition) is 5. The van der Waals surface area contributed by atoms with Crippen molar-refractivity contribution in [3.05, 3.63) is 4.88 Å². The van der Waals surface area contributed by atoms with Crippen LogP contribution in [0.4, 0.5) is 5.82 Å². The zero-order valence-corrected chi connectivity index (χ0v) is 5.47. The quantitative estimate of drug-likeness (QED) is 0.429. The number of carbonyl (C=O) groups excluding carboxylic acids is 1. The fourth-order valence-corrected chi connectivity index (χ4v) is 0.785. The minimum atomic E-state index is 0.370. The zero-order chi connectivity index (χ0) is 6.69. The van der Waals surface area contributed by atoms with Crippen molar-refractivity contribution in [1.82, 2.24) is 9.59 Å². The molecule has 1 aromatic rings. The number of aryl methyl sites for hydroxylation is 1. The minimum Gasteiger partial charge on any atom is -0.211 e. The molecule has 0 unspecified atom stereocenters. The van der Waals surface area contributed by atoms with Gasteiger partial charge in [0.1, 0.15) is 0 Å². The van der Waals surface area contributed by atoms with Gasteiger partial charge in [0.15, 0.2) is 0 Å². The molecule has 0 radical (unpaired) electrons. The van der Waals surface area contributed by atoms with Crippen molar-refractivity contribution in [3.63, 3.8) is 0 Å². The summed E-state index contributed by atoms with van der Waals surface area (Å²) in [6.45, 7) is 1.79. The van der Waals surface area contributed by atoms with Crippen LogP contribution in [0.15, 0.2) is 4.99 Å². The highest BCUT2D eigenvalue weighted by molar-refractivity contribution is 7.05. The van der Waals surface area contributed by atoms with E-state index >= 15 is 0 Å². The molecule has 0 aliphatic heterocycles. The number of aliphatic imine (C=N–C) groups is 1. The van der Waals surface area contributed by atoms with Gasteiger partial charge in [0.05, 0.1) is 4.88 Å². The van der Waals surface area contributed by atoms with Gasteiger partial charge < -0.3 is 0 Å². The van der Waals surface area contributed by atoms with Gasteiger partial charge >= 0.3 is 0 Å². The first-order chi connectivity index (χ1) is 4.34. The molecule has 0 amide bonds. The summed E-state index contributed by atoms with van der Waals surface area (Å²) in [5.74, 6) is 0.370. The summed E-state index contributed by atoms with van der Waals surface area (Å²) in [7, 11) is 0. The zero-order valence-electron chi connectivity index (χ0n) is 4.66. The van der Waals surface area contributed by atoms with Crippen LogP contribution >= 0.6 is 11.5 Å². The Morgan fingerprint density at radius 3 is 3.00 bits per heavy atom. The van der Waals surface area contributed by atoms with E-state index in [-0.39, 0.29) is 0 Å². The smallest absolute Gasteiger partial charge is 0.211 e. The molecule has 0 saturated carbocycles. The van der Waals surface area contributed by atoms with Crippen LogP contribution in [-0.4, -0.2) is 15.7 Å². The molecule has 0 N–H and O–H groups in total. The number of hydrogen-bond donors (Lipinski definition) is 0. The van der Waals surface area contributed by atoms with E-state index in [2.05, 4.69) is 14.6 Å². The normalized spacial score (nSPS) is 8.56. The lowest BCUT2D eigenvalue weighted by Crippen LogP contribution is -1.65. The number of nitrogens with zero attached hydrogens (tertiary/aromatic N) is 3. The maximum Gasteiger partial charge on any atom is 0.242 e. The van der Waals surface area contributed by atoms with Crippen LogP contribution in [0, 0.1) is 6.92 Å². The molecule has 1 rings (SSSR count). The molecule has 0 bridgehead atoms. The number of rotatable bonds is 1. The van der Waals surface area contributed by atoms with Crippen molar-refractivity contribution in [2.75, 3.05) is 0 Å². The summed E-state index contributed by atoms with van der Waals surface area (Å²) in [6.07, 6.45) is 1.39. The second kappa shape index (κ2) is 2.48. The van der Waals surface area contributed by atoms with Gasteiger partial charge in [-0.3, -0.25) is 0 Å². The van der Waals surface area contributed by atoms with Crippen LogP contribution in [0.3, 0.4) is 0 Å². The molecule has 0 aliphatic carbocycles. The summed E-state index contributed by atoms with van der Waals surface area (Å²) in [4.78, 5) is 13.8. The Balaban J connectivity index is 3.07. The molecule has 1 aromatic heterocycles.